The summed E-state index contributed by atoms with van der Waals surface area (Å²) in [5, 5.41) is 17.0. The average Bonchev–Trinajstić information content (AvgIpc) is 2.34. The van der Waals surface area contributed by atoms with E-state index in [9.17, 15) is 0 Å². The molecule has 1 heterocycles. The molecule has 0 saturated heterocycles. The highest BCUT2D eigenvalue weighted by Gasteiger charge is 2.05. The van der Waals surface area contributed by atoms with Crippen molar-refractivity contribution in [1.82, 2.24) is 10.2 Å². The summed E-state index contributed by atoms with van der Waals surface area (Å²) in [5.74, 6) is 0.950. The van der Waals surface area contributed by atoms with Gasteiger partial charge in [-0.25, -0.2) is 0 Å². The molecule has 0 aliphatic carbocycles. The Hall–Kier alpha value is -1.17. The molecule has 0 aliphatic rings. The van der Waals surface area contributed by atoms with Crippen molar-refractivity contribution in [3.63, 3.8) is 0 Å². The average molecular weight is 316 g/mol. The third kappa shape index (κ3) is 3.15. The minimum atomic E-state index is -0.141. The summed E-state index contributed by atoms with van der Waals surface area (Å²) in [6, 6.07) is 8.46. The molecule has 0 atom stereocenters. The van der Waals surface area contributed by atoms with Gasteiger partial charge in [-0.3, -0.25) is 0 Å². The summed E-state index contributed by atoms with van der Waals surface area (Å²) >= 11 is 9.15. The van der Waals surface area contributed by atoms with Crippen molar-refractivity contribution in [2.45, 2.75) is 6.61 Å². The fourth-order valence-corrected chi connectivity index (χ4v) is 1.92. The Morgan fingerprint density at radius 3 is 2.65 bits per heavy atom. The van der Waals surface area contributed by atoms with E-state index < -0.39 is 0 Å². The smallest absolute Gasteiger partial charge is 0.238 e. The molecule has 4 nitrogen and oxygen atoms in total. The quantitative estimate of drug-likeness (QED) is 0.945. The fourth-order valence-electron chi connectivity index (χ4n) is 1.16. The Morgan fingerprint density at radius 1 is 1.24 bits per heavy atom. The van der Waals surface area contributed by atoms with Crippen LogP contribution >= 0.6 is 27.5 Å². The number of rotatable bonds is 3. The van der Waals surface area contributed by atoms with Crippen LogP contribution in [0.25, 0.3) is 0 Å². The van der Waals surface area contributed by atoms with Gasteiger partial charge in [0.2, 0.25) is 5.88 Å². The summed E-state index contributed by atoms with van der Waals surface area (Å²) in [6.07, 6.45) is 0. The van der Waals surface area contributed by atoms with E-state index in [-0.39, 0.29) is 6.61 Å². The van der Waals surface area contributed by atoms with Gasteiger partial charge in [-0.05, 0) is 40.2 Å². The third-order valence-electron chi connectivity index (χ3n) is 1.97. The zero-order valence-corrected chi connectivity index (χ0v) is 10.9. The first-order chi connectivity index (χ1) is 8.19. The molecule has 17 heavy (non-hydrogen) atoms. The Bertz CT molecular complexity index is 519. The zero-order valence-electron chi connectivity index (χ0n) is 8.60. The predicted molar refractivity (Wildman–Crippen MR) is 67.2 cm³/mol. The van der Waals surface area contributed by atoms with Gasteiger partial charge in [0, 0.05) is 11.1 Å². The maximum atomic E-state index is 8.83. The summed E-state index contributed by atoms with van der Waals surface area (Å²) in [4.78, 5) is 0. The van der Waals surface area contributed by atoms with E-state index in [2.05, 4.69) is 26.1 Å². The molecular weight excluding hydrogens is 307 g/mol. The minimum Gasteiger partial charge on any atom is -0.436 e. The van der Waals surface area contributed by atoms with Crippen LogP contribution in [0.3, 0.4) is 0 Å². The Kier molecular flexibility index (Phi) is 3.93. The molecule has 0 spiro atoms. The van der Waals surface area contributed by atoms with E-state index in [1.807, 2.05) is 0 Å². The SMILES string of the molecule is OCc1ccc(Oc2ccc(Cl)cc2Br)nn1. The molecule has 2 aromatic rings. The number of aliphatic hydroxyl groups excluding tert-OH is 1. The number of benzene rings is 1. The molecule has 0 aliphatic heterocycles. The molecule has 0 fully saturated rings. The first-order valence-electron chi connectivity index (χ1n) is 4.75. The topological polar surface area (TPSA) is 55.2 Å². The Balaban J connectivity index is 2.19. The van der Waals surface area contributed by atoms with E-state index >= 15 is 0 Å². The van der Waals surface area contributed by atoms with Crippen molar-refractivity contribution in [3.8, 4) is 11.6 Å². The van der Waals surface area contributed by atoms with Gasteiger partial charge in [-0.15, -0.1) is 10.2 Å². The lowest BCUT2D eigenvalue weighted by molar-refractivity contribution is 0.274. The number of aliphatic hydroxyl groups is 1. The van der Waals surface area contributed by atoms with E-state index in [1.165, 1.54) is 0 Å². The molecule has 1 aromatic carbocycles. The maximum Gasteiger partial charge on any atom is 0.238 e. The van der Waals surface area contributed by atoms with Crippen LogP contribution in [0.1, 0.15) is 5.69 Å². The van der Waals surface area contributed by atoms with Crippen LogP contribution in [0.5, 0.6) is 11.6 Å². The number of aromatic nitrogens is 2. The predicted octanol–water partition coefficient (Wildman–Crippen LogP) is 3.18. The van der Waals surface area contributed by atoms with Gasteiger partial charge in [-0.1, -0.05) is 11.6 Å². The number of hydrogen-bond acceptors (Lipinski definition) is 4. The molecule has 0 amide bonds. The first kappa shape index (κ1) is 12.3. The maximum absolute atomic E-state index is 8.83. The molecule has 0 bridgehead atoms. The number of hydrogen-bond donors (Lipinski definition) is 1. The number of halogens is 2. The van der Waals surface area contributed by atoms with Gasteiger partial charge in [0.1, 0.15) is 5.75 Å². The van der Waals surface area contributed by atoms with Gasteiger partial charge in [0.05, 0.1) is 16.8 Å². The standard InChI is InChI=1S/C11H8BrClN2O2/c12-9-5-7(13)1-3-10(9)17-11-4-2-8(6-16)14-15-11/h1-5,16H,6H2. The molecule has 0 saturated carbocycles. The third-order valence-corrected chi connectivity index (χ3v) is 2.82. The Labute approximate surface area is 111 Å². The van der Waals surface area contributed by atoms with Crippen LogP contribution in [-0.2, 0) is 6.61 Å². The van der Waals surface area contributed by atoms with E-state index in [0.29, 0.717) is 22.3 Å². The van der Waals surface area contributed by atoms with Crippen LogP contribution in [0.2, 0.25) is 5.02 Å². The van der Waals surface area contributed by atoms with Gasteiger partial charge in [-0.2, -0.15) is 0 Å². The second kappa shape index (κ2) is 5.44. The summed E-state index contributed by atoms with van der Waals surface area (Å²) < 4.78 is 6.24. The molecule has 0 unspecified atom stereocenters. The van der Waals surface area contributed by atoms with Gasteiger partial charge in [0.25, 0.3) is 0 Å². The lowest BCUT2D eigenvalue weighted by Gasteiger charge is -2.06. The molecule has 1 N–H and O–H groups in total. The molecule has 2 rings (SSSR count). The molecular formula is C11H8BrClN2O2. The fraction of sp³-hybridized carbons (Fsp3) is 0.0909. The molecule has 6 heteroatoms. The van der Waals surface area contributed by atoms with Gasteiger partial charge >= 0.3 is 0 Å². The largest absolute Gasteiger partial charge is 0.436 e. The highest BCUT2D eigenvalue weighted by molar-refractivity contribution is 9.10. The zero-order chi connectivity index (χ0) is 12.3. The summed E-state index contributed by atoms with van der Waals surface area (Å²) in [6.45, 7) is -0.141. The van der Waals surface area contributed by atoms with Crippen LogP contribution in [0, 0.1) is 0 Å². The van der Waals surface area contributed by atoms with E-state index in [1.54, 1.807) is 30.3 Å². The van der Waals surface area contributed by atoms with E-state index in [4.69, 9.17) is 21.4 Å². The van der Waals surface area contributed by atoms with Crippen molar-refractivity contribution < 1.29 is 9.84 Å². The van der Waals surface area contributed by atoms with Crippen LogP contribution < -0.4 is 4.74 Å². The lowest BCUT2D eigenvalue weighted by atomic mass is 10.3. The van der Waals surface area contributed by atoms with Gasteiger partial charge in [0.15, 0.2) is 0 Å². The van der Waals surface area contributed by atoms with E-state index in [0.717, 1.165) is 4.47 Å². The van der Waals surface area contributed by atoms with Gasteiger partial charge < -0.3 is 9.84 Å². The van der Waals surface area contributed by atoms with Crippen LogP contribution in [0.4, 0.5) is 0 Å². The first-order valence-corrected chi connectivity index (χ1v) is 5.92. The number of nitrogens with zero attached hydrogens (tertiary/aromatic N) is 2. The normalized spacial score (nSPS) is 10.3. The summed E-state index contributed by atoms with van der Waals surface area (Å²) in [7, 11) is 0. The van der Waals surface area contributed by atoms with Crippen molar-refractivity contribution >= 4 is 27.5 Å². The minimum absolute atomic E-state index is 0.141. The van der Waals surface area contributed by atoms with Crippen molar-refractivity contribution in [2.75, 3.05) is 0 Å². The highest BCUT2D eigenvalue weighted by Crippen LogP contribution is 2.30. The van der Waals surface area contributed by atoms with Crippen molar-refractivity contribution in [1.29, 1.82) is 0 Å². The number of ether oxygens (including phenoxy) is 1. The van der Waals surface area contributed by atoms with Crippen LogP contribution in [0.15, 0.2) is 34.8 Å². The lowest BCUT2D eigenvalue weighted by Crippen LogP contribution is -1.95. The monoisotopic (exact) mass is 314 g/mol. The molecule has 88 valence electrons. The molecule has 1 aromatic heterocycles. The van der Waals surface area contributed by atoms with Crippen molar-refractivity contribution in [3.05, 3.63) is 45.5 Å². The Morgan fingerprint density at radius 2 is 2.06 bits per heavy atom. The summed E-state index contributed by atoms with van der Waals surface area (Å²) in [5.41, 5.74) is 0.493. The second-order valence-corrected chi connectivity index (χ2v) is 4.49. The van der Waals surface area contributed by atoms with Crippen LogP contribution in [-0.4, -0.2) is 15.3 Å². The highest BCUT2D eigenvalue weighted by atomic mass is 79.9. The van der Waals surface area contributed by atoms with Crippen molar-refractivity contribution in [2.24, 2.45) is 0 Å². The molecule has 0 radical (unpaired) electrons. The second-order valence-electron chi connectivity index (χ2n) is 3.20.